The molecule has 0 unspecified atom stereocenters. The van der Waals surface area contributed by atoms with Crippen LogP contribution in [0.4, 0.5) is 10.5 Å². The number of carbonyl (C=O) groups excluding carboxylic acids is 2. The maximum Gasteiger partial charge on any atom is 0.319 e. The zero-order valence-electron chi connectivity index (χ0n) is 15.9. The van der Waals surface area contributed by atoms with E-state index in [1.807, 2.05) is 29.3 Å². The fourth-order valence-electron chi connectivity index (χ4n) is 3.29. The van der Waals surface area contributed by atoms with Crippen molar-refractivity contribution in [1.29, 1.82) is 0 Å². The van der Waals surface area contributed by atoms with Gasteiger partial charge >= 0.3 is 6.03 Å². The van der Waals surface area contributed by atoms with Crippen molar-refractivity contribution in [2.24, 2.45) is 0 Å². The highest BCUT2D eigenvalue weighted by Crippen LogP contribution is 2.16. The smallest absolute Gasteiger partial charge is 0.319 e. The van der Waals surface area contributed by atoms with Gasteiger partial charge in [0.2, 0.25) is 0 Å². The van der Waals surface area contributed by atoms with Gasteiger partial charge in [-0.25, -0.2) is 14.5 Å². The molecule has 3 heterocycles. The molecule has 148 valence electrons. The second kappa shape index (κ2) is 8.55. The largest absolute Gasteiger partial charge is 0.339 e. The lowest BCUT2D eigenvalue weighted by molar-refractivity contribution is 0.0793. The van der Waals surface area contributed by atoms with Gasteiger partial charge in [-0.3, -0.25) is 4.79 Å². The van der Waals surface area contributed by atoms with Gasteiger partial charge in [-0.15, -0.1) is 0 Å². The summed E-state index contributed by atoms with van der Waals surface area (Å²) in [5.74, 6) is 0.692. The molecule has 1 fully saturated rings. The number of hydrogen-bond acceptors (Lipinski definition) is 4. The van der Waals surface area contributed by atoms with Crippen LogP contribution in [-0.4, -0.2) is 44.7 Å². The van der Waals surface area contributed by atoms with Crippen molar-refractivity contribution in [3.63, 3.8) is 0 Å². The number of nitrogens with one attached hydrogen (secondary N) is 2. The van der Waals surface area contributed by atoms with Crippen molar-refractivity contribution >= 4 is 17.6 Å². The van der Waals surface area contributed by atoms with Crippen molar-refractivity contribution in [1.82, 2.24) is 25.0 Å². The van der Waals surface area contributed by atoms with Crippen LogP contribution in [0.25, 0.3) is 5.82 Å². The molecule has 29 heavy (non-hydrogen) atoms. The van der Waals surface area contributed by atoms with Gasteiger partial charge in [-0.2, -0.15) is 5.10 Å². The van der Waals surface area contributed by atoms with Gasteiger partial charge in [0.1, 0.15) is 0 Å². The quantitative estimate of drug-likeness (QED) is 0.701. The van der Waals surface area contributed by atoms with Gasteiger partial charge in [0, 0.05) is 49.5 Å². The van der Waals surface area contributed by atoms with Crippen molar-refractivity contribution < 1.29 is 9.59 Å². The normalized spacial score (nSPS) is 13.3. The average Bonchev–Trinajstić information content (AvgIpc) is 3.46. The van der Waals surface area contributed by atoms with Crippen molar-refractivity contribution in [2.45, 2.75) is 19.4 Å². The molecule has 0 spiro atoms. The molecule has 0 atom stereocenters. The van der Waals surface area contributed by atoms with E-state index in [4.69, 9.17) is 0 Å². The van der Waals surface area contributed by atoms with Crippen molar-refractivity contribution in [2.75, 3.05) is 18.4 Å². The number of anilines is 1. The Morgan fingerprint density at radius 2 is 1.90 bits per heavy atom. The number of nitrogens with zero attached hydrogens (tertiary/aromatic N) is 4. The van der Waals surface area contributed by atoms with Crippen LogP contribution in [0.15, 0.2) is 61.1 Å². The summed E-state index contributed by atoms with van der Waals surface area (Å²) in [6.45, 7) is 1.93. The van der Waals surface area contributed by atoms with E-state index in [0.29, 0.717) is 23.6 Å². The molecular formula is C21H22N6O2. The van der Waals surface area contributed by atoms with E-state index in [2.05, 4.69) is 20.7 Å². The molecule has 1 aromatic carbocycles. The first-order valence-electron chi connectivity index (χ1n) is 9.58. The van der Waals surface area contributed by atoms with Gasteiger partial charge < -0.3 is 15.5 Å². The summed E-state index contributed by atoms with van der Waals surface area (Å²) in [5.41, 5.74) is 2.07. The fraction of sp³-hybridized carbons (Fsp3) is 0.238. The highest BCUT2D eigenvalue weighted by Gasteiger charge is 2.19. The van der Waals surface area contributed by atoms with Gasteiger partial charge in [-0.05, 0) is 54.8 Å². The van der Waals surface area contributed by atoms with Gasteiger partial charge in [-0.1, -0.05) is 6.07 Å². The maximum absolute atomic E-state index is 12.5. The van der Waals surface area contributed by atoms with E-state index in [0.717, 1.165) is 31.5 Å². The average molecular weight is 390 g/mol. The molecule has 0 saturated carbocycles. The third-order valence-electron chi connectivity index (χ3n) is 4.76. The monoisotopic (exact) mass is 390 g/mol. The Hall–Kier alpha value is -3.68. The second-order valence-corrected chi connectivity index (χ2v) is 6.86. The topological polar surface area (TPSA) is 92.1 Å². The first-order valence-corrected chi connectivity index (χ1v) is 9.58. The molecule has 1 aliphatic rings. The van der Waals surface area contributed by atoms with E-state index in [-0.39, 0.29) is 11.9 Å². The lowest BCUT2D eigenvalue weighted by atomic mass is 10.2. The molecule has 0 bridgehead atoms. The molecule has 2 N–H and O–H groups in total. The summed E-state index contributed by atoms with van der Waals surface area (Å²) in [6.07, 6.45) is 7.26. The van der Waals surface area contributed by atoms with E-state index in [1.165, 1.54) is 0 Å². The summed E-state index contributed by atoms with van der Waals surface area (Å²) in [5, 5.41) is 9.76. The summed E-state index contributed by atoms with van der Waals surface area (Å²) < 4.78 is 1.66. The second-order valence-electron chi connectivity index (χ2n) is 6.86. The predicted octanol–water partition coefficient (Wildman–Crippen LogP) is 2.83. The van der Waals surface area contributed by atoms with Gasteiger partial charge in [0.25, 0.3) is 5.91 Å². The Morgan fingerprint density at radius 3 is 2.69 bits per heavy atom. The standard InChI is InChI=1S/C21H22N6O2/c28-20(26-10-1-2-11-26)17-5-3-6-18(14-17)25-21(29)23-15-16-7-9-22-19(13-16)27-12-4-8-24-27/h3-9,12-14H,1-2,10-11,15H2,(H2,23,25,29). The Kier molecular flexibility index (Phi) is 5.51. The first kappa shape index (κ1) is 18.7. The van der Waals surface area contributed by atoms with Crippen molar-refractivity contribution in [3.8, 4) is 5.82 Å². The zero-order valence-corrected chi connectivity index (χ0v) is 15.9. The number of hydrogen-bond donors (Lipinski definition) is 2. The molecule has 1 saturated heterocycles. The van der Waals surface area contributed by atoms with Crippen LogP contribution < -0.4 is 10.6 Å². The molecule has 2 aromatic heterocycles. The molecular weight excluding hydrogens is 368 g/mol. The number of pyridine rings is 1. The number of likely N-dealkylation sites (tertiary alicyclic amines) is 1. The van der Waals surface area contributed by atoms with Crippen LogP contribution in [0.5, 0.6) is 0 Å². The van der Waals surface area contributed by atoms with E-state index >= 15 is 0 Å². The number of urea groups is 1. The molecule has 8 heteroatoms. The molecule has 3 aromatic rings. The fourth-order valence-corrected chi connectivity index (χ4v) is 3.29. The predicted molar refractivity (Wildman–Crippen MR) is 109 cm³/mol. The molecule has 1 aliphatic heterocycles. The lowest BCUT2D eigenvalue weighted by Crippen LogP contribution is -2.29. The third-order valence-corrected chi connectivity index (χ3v) is 4.76. The number of amides is 3. The summed E-state index contributed by atoms with van der Waals surface area (Å²) in [6, 6.07) is 12.2. The van der Waals surface area contributed by atoms with Crippen LogP contribution in [0.2, 0.25) is 0 Å². The zero-order chi connectivity index (χ0) is 20.1. The minimum atomic E-state index is -0.340. The van der Waals surface area contributed by atoms with Gasteiger partial charge in [0.05, 0.1) is 0 Å². The number of benzene rings is 1. The SMILES string of the molecule is O=C(NCc1ccnc(-n2cccn2)c1)Nc1cccc(C(=O)N2CCCC2)c1. The Bertz CT molecular complexity index is 996. The van der Waals surface area contributed by atoms with E-state index in [9.17, 15) is 9.59 Å². The van der Waals surface area contributed by atoms with Crippen LogP contribution in [-0.2, 0) is 6.54 Å². The Balaban J connectivity index is 1.35. The Labute approximate surface area is 168 Å². The highest BCUT2D eigenvalue weighted by molar-refractivity contribution is 5.97. The van der Waals surface area contributed by atoms with Crippen LogP contribution in [0, 0.1) is 0 Å². The summed E-state index contributed by atoms with van der Waals surface area (Å²) >= 11 is 0. The summed E-state index contributed by atoms with van der Waals surface area (Å²) in [7, 11) is 0. The number of carbonyl (C=O) groups is 2. The van der Waals surface area contributed by atoms with E-state index < -0.39 is 0 Å². The van der Waals surface area contributed by atoms with Crippen molar-refractivity contribution in [3.05, 3.63) is 72.2 Å². The maximum atomic E-state index is 12.5. The molecule has 8 nitrogen and oxygen atoms in total. The summed E-state index contributed by atoms with van der Waals surface area (Å²) in [4.78, 5) is 30.9. The Morgan fingerprint density at radius 1 is 1.03 bits per heavy atom. The molecule has 0 radical (unpaired) electrons. The van der Waals surface area contributed by atoms with Crippen LogP contribution in [0.3, 0.4) is 0 Å². The van der Waals surface area contributed by atoms with E-state index in [1.54, 1.807) is 41.3 Å². The first-order chi connectivity index (χ1) is 14.2. The third kappa shape index (κ3) is 4.60. The molecule has 3 amide bonds. The van der Waals surface area contributed by atoms with Crippen LogP contribution >= 0.6 is 0 Å². The van der Waals surface area contributed by atoms with Gasteiger partial charge in [0.15, 0.2) is 5.82 Å². The number of rotatable bonds is 5. The highest BCUT2D eigenvalue weighted by atomic mass is 16.2. The minimum absolute atomic E-state index is 0.00879. The molecule has 4 rings (SSSR count). The number of aromatic nitrogens is 3. The minimum Gasteiger partial charge on any atom is -0.339 e. The van der Waals surface area contributed by atoms with Crippen LogP contribution in [0.1, 0.15) is 28.8 Å². The molecule has 0 aliphatic carbocycles. The lowest BCUT2D eigenvalue weighted by Gasteiger charge is -2.16.